The third-order valence-corrected chi connectivity index (χ3v) is 4.20. The maximum absolute atomic E-state index is 4.27. The van der Waals surface area contributed by atoms with E-state index in [1.54, 1.807) is 11.3 Å². The summed E-state index contributed by atoms with van der Waals surface area (Å²) in [6, 6.07) is 0. The van der Waals surface area contributed by atoms with Crippen LogP contribution in [-0.4, -0.2) is 11.5 Å². The summed E-state index contributed by atoms with van der Waals surface area (Å²) in [6.07, 6.45) is 7.12. The van der Waals surface area contributed by atoms with Crippen molar-refractivity contribution < 1.29 is 0 Å². The van der Waals surface area contributed by atoms with Crippen LogP contribution < -0.4 is 5.32 Å². The second-order valence-electron chi connectivity index (χ2n) is 5.08. The van der Waals surface area contributed by atoms with Gasteiger partial charge in [0.15, 0.2) is 0 Å². The van der Waals surface area contributed by atoms with Gasteiger partial charge in [0, 0.05) is 11.9 Å². The number of hydrogen-bond donors (Lipinski definition) is 1. The summed E-state index contributed by atoms with van der Waals surface area (Å²) in [4.78, 5) is 4.27. The SMILES string of the molecule is CC1CCCC(CCNCc2cscn2)C1. The van der Waals surface area contributed by atoms with Gasteiger partial charge in [-0.3, -0.25) is 0 Å². The Kier molecular flexibility index (Phi) is 4.79. The molecular weight excluding hydrogens is 216 g/mol. The van der Waals surface area contributed by atoms with Crippen molar-refractivity contribution in [2.75, 3.05) is 6.54 Å². The minimum absolute atomic E-state index is 0.936. The van der Waals surface area contributed by atoms with Gasteiger partial charge in [0.1, 0.15) is 0 Å². The minimum atomic E-state index is 0.936. The second-order valence-corrected chi connectivity index (χ2v) is 5.80. The first-order valence-electron chi connectivity index (χ1n) is 6.42. The van der Waals surface area contributed by atoms with Crippen molar-refractivity contribution in [1.82, 2.24) is 10.3 Å². The summed E-state index contributed by atoms with van der Waals surface area (Å²) in [6.45, 7) is 4.48. The Bertz CT molecular complexity index is 284. The zero-order chi connectivity index (χ0) is 11.2. The molecule has 0 spiro atoms. The Labute approximate surface area is 102 Å². The lowest BCUT2D eigenvalue weighted by Gasteiger charge is -2.26. The Morgan fingerprint density at radius 1 is 1.50 bits per heavy atom. The van der Waals surface area contributed by atoms with E-state index in [0.29, 0.717) is 0 Å². The standard InChI is InChI=1S/C13H22N2S/c1-11-3-2-4-12(7-11)5-6-14-8-13-9-16-10-15-13/h9-12,14H,2-8H2,1H3. The molecule has 2 atom stereocenters. The Hall–Kier alpha value is -0.410. The highest BCUT2D eigenvalue weighted by molar-refractivity contribution is 7.07. The van der Waals surface area contributed by atoms with Gasteiger partial charge >= 0.3 is 0 Å². The summed E-state index contributed by atoms with van der Waals surface area (Å²) >= 11 is 1.67. The molecule has 0 amide bonds. The van der Waals surface area contributed by atoms with E-state index in [0.717, 1.165) is 24.9 Å². The molecule has 2 unspecified atom stereocenters. The van der Waals surface area contributed by atoms with Crippen LogP contribution in [-0.2, 0) is 6.54 Å². The molecule has 1 aliphatic rings. The van der Waals surface area contributed by atoms with Crippen LogP contribution in [0.15, 0.2) is 10.9 Å². The van der Waals surface area contributed by atoms with Gasteiger partial charge in [-0.15, -0.1) is 11.3 Å². The highest BCUT2D eigenvalue weighted by Crippen LogP contribution is 2.30. The molecule has 1 N–H and O–H groups in total. The van der Waals surface area contributed by atoms with Gasteiger partial charge in [0.2, 0.25) is 0 Å². The van der Waals surface area contributed by atoms with E-state index < -0.39 is 0 Å². The molecule has 2 rings (SSSR count). The van der Waals surface area contributed by atoms with Gasteiger partial charge in [-0.2, -0.15) is 0 Å². The zero-order valence-electron chi connectivity index (χ0n) is 10.1. The molecule has 0 aliphatic heterocycles. The molecule has 1 aliphatic carbocycles. The fourth-order valence-corrected chi connectivity index (χ4v) is 3.23. The van der Waals surface area contributed by atoms with E-state index in [2.05, 4.69) is 22.6 Å². The topological polar surface area (TPSA) is 24.9 Å². The molecule has 1 aromatic rings. The lowest BCUT2D eigenvalue weighted by atomic mass is 9.81. The van der Waals surface area contributed by atoms with Gasteiger partial charge in [-0.25, -0.2) is 4.98 Å². The van der Waals surface area contributed by atoms with Gasteiger partial charge in [-0.1, -0.05) is 26.2 Å². The highest BCUT2D eigenvalue weighted by Gasteiger charge is 2.17. The van der Waals surface area contributed by atoms with Crippen LogP contribution in [0.5, 0.6) is 0 Å². The predicted molar refractivity (Wildman–Crippen MR) is 69.6 cm³/mol. The van der Waals surface area contributed by atoms with Crippen molar-refractivity contribution in [3.63, 3.8) is 0 Å². The summed E-state index contributed by atoms with van der Waals surface area (Å²) in [5, 5.41) is 5.61. The van der Waals surface area contributed by atoms with Crippen molar-refractivity contribution in [3.8, 4) is 0 Å². The molecular formula is C13H22N2S. The molecule has 1 saturated carbocycles. The third kappa shape index (κ3) is 3.87. The van der Waals surface area contributed by atoms with E-state index >= 15 is 0 Å². The first-order chi connectivity index (χ1) is 7.84. The fourth-order valence-electron chi connectivity index (χ4n) is 2.67. The first-order valence-corrected chi connectivity index (χ1v) is 7.36. The normalized spacial score (nSPS) is 25.8. The van der Waals surface area contributed by atoms with Crippen molar-refractivity contribution in [2.24, 2.45) is 11.8 Å². The van der Waals surface area contributed by atoms with Gasteiger partial charge in [0.05, 0.1) is 11.2 Å². The van der Waals surface area contributed by atoms with Crippen LogP contribution in [0.25, 0.3) is 0 Å². The molecule has 1 heterocycles. The lowest BCUT2D eigenvalue weighted by Crippen LogP contribution is -2.21. The number of hydrogen-bond acceptors (Lipinski definition) is 3. The Morgan fingerprint density at radius 3 is 3.19 bits per heavy atom. The second kappa shape index (κ2) is 6.36. The Morgan fingerprint density at radius 2 is 2.44 bits per heavy atom. The van der Waals surface area contributed by atoms with E-state index in [1.165, 1.54) is 37.8 Å². The van der Waals surface area contributed by atoms with E-state index in [1.807, 2.05) is 5.51 Å². The predicted octanol–water partition coefficient (Wildman–Crippen LogP) is 3.45. The van der Waals surface area contributed by atoms with Crippen molar-refractivity contribution >= 4 is 11.3 Å². The average Bonchev–Trinajstić information content (AvgIpc) is 2.77. The van der Waals surface area contributed by atoms with Crippen molar-refractivity contribution in [1.29, 1.82) is 0 Å². The summed E-state index contributed by atoms with van der Waals surface area (Å²) in [5.41, 5.74) is 3.09. The van der Waals surface area contributed by atoms with Gasteiger partial charge in [-0.05, 0) is 31.2 Å². The molecule has 0 bridgehead atoms. The van der Waals surface area contributed by atoms with E-state index in [9.17, 15) is 0 Å². The van der Waals surface area contributed by atoms with E-state index in [-0.39, 0.29) is 0 Å². The number of nitrogens with one attached hydrogen (secondary N) is 1. The van der Waals surface area contributed by atoms with Crippen LogP contribution >= 0.6 is 11.3 Å². The van der Waals surface area contributed by atoms with Gasteiger partial charge in [0.25, 0.3) is 0 Å². The molecule has 0 radical (unpaired) electrons. The number of thiazole rings is 1. The van der Waals surface area contributed by atoms with Gasteiger partial charge < -0.3 is 5.32 Å². The smallest absolute Gasteiger partial charge is 0.0795 e. The molecule has 3 heteroatoms. The minimum Gasteiger partial charge on any atom is -0.311 e. The average molecular weight is 238 g/mol. The largest absolute Gasteiger partial charge is 0.311 e. The maximum atomic E-state index is 4.27. The highest BCUT2D eigenvalue weighted by atomic mass is 32.1. The number of rotatable bonds is 5. The lowest BCUT2D eigenvalue weighted by molar-refractivity contribution is 0.267. The molecule has 0 aromatic carbocycles. The van der Waals surface area contributed by atoms with Crippen molar-refractivity contribution in [3.05, 3.63) is 16.6 Å². The maximum Gasteiger partial charge on any atom is 0.0795 e. The molecule has 0 saturated heterocycles. The van der Waals surface area contributed by atoms with Crippen molar-refractivity contribution in [2.45, 2.75) is 45.6 Å². The molecule has 1 aromatic heterocycles. The third-order valence-electron chi connectivity index (χ3n) is 3.56. The van der Waals surface area contributed by atoms with Crippen LogP contribution in [0.4, 0.5) is 0 Å². The monoisotopic (exact) mass is 238 g/mol. The Balaban J connectivity index is 1.57. The first kappa shape index (κ1) is 12.1. The zero-order valence-corrected chi connectivity index (χ0v) is 10.9. The van der Waals surface area contributed by atoms with Crippen LogP contribution in [0.2, 0.25) is 0 Å². The fraction of sp³-hybridized carbons (Fsp3) is 0.769. The summed E-state index contributed by atoms with van der Waals surface area (Å²) < 4.78 is 0. The van der Waals surface area contributed by atoms with E-state index in [4.69, 9.17) is 0 Å². The molecule has 2 nitrogen and oxygen atoms in total. The molecule has 16 heavy (non-hydrogen) atoms. The summed E-state index contributed by atoms with van der Waals surface area (Å²) in [7, 11) is 0. The molecule has 1 fully saturated rings. The van der Waals surface area contributed by atoms with Crippen LogP contribution in [0, 0.1) is 11.8 Å². The number of nitrogens with zero attached hydrogens (tertiary/aromatic N) is 1. The quantitative estimate of drug-likeness (QED) is 0.795. The van der Waals surface area contributed by atoms with Crippen LogP contribution in [0.1, 0.15) is 44.7 Å². The number of aromatic nitrogens is 1. The van der Waals surface area contributed by atoms with Crippen LogP contribution in [0.3, 0.4) is 0 Å². The molecule has 90 valence electrons. The summed E-state index contributed by atoms with van der Waals surface area (Å²) in [5.74, 6) is 1.92.